The van der Waals surface area contributed by atoms with Crippen LogP contribution in [0.25, 0.3) is 0 Å². The van der Waals surface area contributed by atoms with E-state index in [-0.39, 0.29) is 17.9 Å². The molecule has 0 spiro atoms. The molecule has 1 rings (SSSR count). The van der Waals surface area contributed by atoms with Gasteiger partial charge in [-0.1, -0.05) is 13.3 Å². The van der Waals surface area contributed by atoms with Gasteiger partial charge in [0.05, 0.1) is 6.61 Å². The number of rotatable bonds is 7. The molecular formula is C13H15FO4. The minimum Gasteiger partial charge on any atom is -0.482 e. The lowest BCUT2D eigenvalue weighted by Gasteiger charge is -2.07. The summed E-state index contributed by atoms with van der Waals surface area (Å²) in [6.07, 6.45) is 2.23. The fourth-order valence-electron chi connectivity index (χ4n) is 1.25. The summed E-state index contributed by atoms with van der Waals surface area (Å²) in [5.41, 5.74) is 0.157. The predicted molar refractivity (Wildman–Crippen MR) is 63.1 cm³/mol. The van der Waals surface area contributed by atoms with Crippen LogP contribution in [0.4, 0.5) is 4.39 Å². The minimum absolute atomic E-state index is 0.129. The molecule has 1 aromatic carbocycles. The Morgan fingerprint density at radius 2 is 2.17 bits per heavy atom. The molecule has 0 atom stereocenters. The Kier molecular flexibility index (Phi) is 5.84. The number of halogens is 1. The third kappa shape index (κ3) is 4.95. The van der Waals surface area contributed by atoms with Gasteiger partial charge in [-0.3, -0.25) is 4.79 Å². The van der Waals surface area contributed by atoms with Crippen molar-refractivity contribution in [2.24, 2.45) is 0 Å². The summed E-state index contributed by atoms with van der Waals surface area (Å²) < 4.78 is 22.9. The monoisotopic (exact) mass is 254 g/mol. The summed E-state index contributed by atoms with van der Waals surface area (Å²) in [5.74, 6) is -0.973. The topological polar surface area (TPSA) is 52.6 Å². The number of esters is 1. The minimum atomic E-state index is -0.589. The first-order valence-electron chi connectivity index (χ1n) is 5.70. The molecule has 0 aliphatic carbocycles. The van der Waals surface area contributed by atoms with Crippen LogP contribution < -0.4 is 4.74 Å². The fourth-order valence-corrected chi connectivity index (χ4v) is 1.25. The van der Waals surface area contributed by atoms with Crippen LogP contribution in [0, 0.1) is 5.82 Å². The molecule has 0 saturated carbocycles. The lowest BCUT2D eigenvalue weighted by Crippen LogP contribution is -2.15. The lowest BCUT2D eigenvalue weighted by molar-refractivity contribution is -0.146. The number of hydrogen-bond acceptors (Lipinski definition) is 4. The van der Waals surface area contributed by atoms with Gasteiger partial charge in [0.15, 0.2) is 6.61 Å². The summed E-state index contributed by atoms with van der Waals surface area (Å²) in [6.45, 7) is 2.03. The van der Waals surface area contributed by atoms with E-state index in [1.165, 1.54) is 6.07 Å². The van der Waals surface area contributed by atoms with Gasteiger partial charge in [-0.15, -0.1) is 0 Å². The van der Waals surface area contributed by atoms with E-state index in [2.05, 4.69) is 0 Å². The van der Waals surface area contributed by atoms with E-state index in [4.69, 9.17) is 9.47 Å². The van der Waals surface area contributed by atoms with Crippen molar-refractivity contribution < 1.29 is 23.5 Å². The summed E-state index contributed by atoms with van der Waals surface area (Å²) in [4.78, 5) is 21.7. The van der Waals surface area contributed by atoms with Gasteiger partial charge in [0.25, 0.3) is 0 Å². The maximum absolute atomic E-state index is 13.0. The molecule has 0 fully saturated rings. The average molecular weight is 254 g/mol. The first kappa shape index (κ1) is 14.2. The molecule has 0 bridgehead atoms. The van der Waals surface area contributed by atoms with Crippen molar-refractivity contribution in [3.05, 3.63) is 29.6 Å². The molecule has 0 saturated heterocycles. The van der Waals surface area contributed by atoms with Gasteiger partial charge in [-0.25, -0.2) is 9.18 Å². The highest BCUT2D eigenvalue weighted by Gasteiger charge is 2.06. The summed E-state index contributed by atoms with van der Waals surface area (Å²) >= 11 is 0. The molecule has 0 unspecified atom stereocenters. The molecule has 5 heteroatoms. The van der Waals surface area contributed by atoms with Crippen molar-refractivity contribution in [2.75, 3.05) is 13.2 Å². The highest BCUT2D eigenvalue weighted by molar-refractivity contribution is 5.75. The van der Waals surface area contributed by atoms with E-state index in [1.54, 1.807) is 0 Å². The zero-order chi connectivity index (χ0) is 13.4. The van der Waals surface area contributed by atoms with Crippen LogP contribution in [0.15, 0.2) is 18.2 Å². The second-order valence-corrected chi connectivity index (χ2v) is 3.70. The van der Waals surface area contributed by atoms with Crippen LogP contribution in [-0.2, 0) is 9.53 Å². The number of carbonyl (C=O) groups excluding carboxylic acids is 2. The molecule has 1 aromatic rings. The fraction of sp³-hybridized carbons (Fsp3) is 0.385. The number of unbranched alkanes of at least 4 members (excludes halogenated alkanes) is 1. The quantitative estimate of drug-likeness (QED) is 0.426. The summed E-state index contributed by atoms with van der Waals surface area (Å²) in [5, 5.41) is 0. The SMILES string of the molecule is CCCCOC(=O)COc1cc(F)cc(C=O)c1. The number of ether oxygens (including phenoxy) is 2. The normalized spacial score (nSPS) is 9.89. The van der Waals surface area contributed by atoms with E-state index in [1.807, 2.05) is 6.92 Å². The number of aldehydes is 1. The van der Waals surface area contributed by atoms with E-state index >= 15 is 0 Å². The highest BCUT2D eigenvalue weighted by Crippen LogP contribution is 2.15. The van der Waals surface area contributed by atoms with Crippen LogP contribution in [0.5, 0.6) is 5.75 Å². The molecule has 0 aliphatic heterocycles. The Morgan fingerprint density at radius 1 is 1.39 bits per heavy atom. The number of hydrogen-bond donors (Lipinski definition) is 0. The Labute approximate surface area is 105 Å². The maximum Gasteiger partial charge on any atom is 0.344 e. The van der Waals surface area contributed by atoms with E-state index < -0.39 is 11.8 Å². The smallest absolute Gasteiger partial charge is 0.344 e. The van der Waals surface area contributed by atoms with Gasteiger partial charge < -0.3 is 9.47 Å². The van der Waals surface area contributed by atoms with Crippen molar-refractivity contribution in [2.45, 2.75) is 19.8 Å². The van der Waals surface area contributed by atoms with Gasteiger partial charge in [0, 0.05) is 11.6 Å². The standard InChI is InChI=1S/C13H15FO4/c1-2-3-4-17-13(16)9-18-12-6-10(8-15)5-11(14)7-12/h5-8H,2-4,9H2,1H3. The van der Waals surface area contributed by atoms with Gasteiger partial charge in [0.2, 0.25) is 0 Å². The zero-order valence-corrected chi connectivity index (χ0v) is 10.1. The molecule has 0 heterocycles. The van der Waals surface area contributed by atoms with Crippen LogP contribution in [0.1, 0.15) is 30.1 Å². The van der Waals surface area contributed by atoms with Gasteiger partial charge in [0.1, 0.15) is 17.9 Å². The van der Waals surface area contributed by atoms with Gasteiger partial charge in [-0.2, -0.15) is 0 Å². The third-order valence-corrected chi connectivity index (χ3v) is 2.15. The molecule has 0 aromatic heterocycles. The number of benzene rings is 1. The predicted octanol–water partition coefficient (Wildman–Crippen LogP) is 2.36. The van der Waals surface area contributed by atoms with Crippen LogP contribution in [-0.4, -0.2) is 25.5 Å². The molecule has 0 amide bonds. The first-order valence-corrected chi connectivity index (χ1v) is 5.70. The molecule has 98 valence electrons. The zero-order valence-electron chi connectivity index (χ0n) is 10.1. The lowest BCUT2D eigenvalue weighted by atomic mass is 10.2. The van der Waals surface area contributed by atoms with Crippen molar-refractivity contribution in [1.82, 2.24) is 0 Å². The van der Waals surface area contributed by atoms with E-state index in [0.717, 1.165) is 25.0 Å². The van der Waals surface area contributed by atoms with Crippen LogP contribution >= 0.6 is 0 Å². The second kappa shape index (κ2) is 7.42. The number of carbonyl (C=O) groups is 2. The van der Waals surface area contributed by atoms with Crippen LogP contribution in [0.3, 0.4) is 0 Å². The van der Waals surface area contributed by atoms with E-state index in [0.29, 0.717) is 12.9 Å². The Hall–Kier alpha value is -1.91. The summed E-state index contributed by atoms with van der Waals surface area (Å²) in [6, 6.07) is 3.54. The van der Waals surface area contributed by atoms with E-state index in [9.17, 15) is 14.0 Å². The molecular weight excluding hydrogens is 239 g/mol. The van der Waals surface area contributed by atoms with Crippen molar-refractivity contribution >= 4 is 12.3 Å². The van der Waals surface area contributed by atoms with Crippen molar-refractivity contribution in [3.63, 3.8) is 0 Å². The molecule has 4 nitrogen and oxygen atoms in total. The Morgan fingerprint density at radius 3 is 2.83 bits per heavy atom. The van der Waals surface area contributed by atoms with Gasteiger partial charge in [-0.05, 0) is 18.6 Å². The van der Waals surface area contributed by atoms with Crippen molar-refractivity contribution in [1.29, 1.82) is 0 Å². The average Bonchev–Trinajstić information content (AvgIpc) is 2.36. The maximum atomic E-state index is 13.0. The molecule has 0 aliphatic rings. The van der Waals surface area contributed by atoms with Gasteiger partial charge >= 0.3 is 5.97 Å². The summed E-state index contributed by atoms with van der Waals surface area (Å²) in [7, 11) is 0. The Bertz CT molecular complexity index is 417. The van der Waals surface area contributed by atoms with Crippen LogP contribution in [0.2, 0.25) is 0 Å². The first-order chi connectivity index (χ1) is 8.65. The highest BCUT2D eigenvalue weighted by atomic mass is 19.1. The third-order valence-electron chi connectivity index (χ3n) is 2.15. The Balaban J connectivity index is 2.45. The second-order valence-electron chi connectivity index (χ2n) is 3.70. The largest absolute Gasteiger partial charge is 0.482 e. The molecule has 18 heavy (non-hydrogen) atoms. The van der Waals surface area contributed by atoms with Crippen molar-refractivity contribution in [3.8, 4) is 5.75 Å². The molecule has 0 N–H and O–H groups in total. The molecule has 0 radical (unpaired) electrons.